The molecular formula is C18H29N5O2. The van der Waals surface area contributed by atoms with Crippen molar-refractivity contribution in [3.63, 3.8) is 0 Å². The normalized spacial score (nSPS) is 19.1. The SMILES string of the molecule is CCCCNC(=O)C1(NC(=O)c2n[nH]c3c2CNCC3)CCCCC1. The van der Waals surface area contributed by atoms with E-state index in [0.717, 1.165) is 56.3 Å². The Morgan fingerprint density at radius 2 is 2.04 bits per heavy atom. The van der Waals surface area contributed by atoms with Crippen LogP contribution in [-0.4, -0.2) is 40.6 Å². The topological polar surface area (TPSA) is 98.9 Å². The fourth-order valence-electron chi connectivity index (χ4n) is 3.80. The average molecular weight is 347 g/mol. The van der Waals surface area contributed by atoms with Gasteiger partial charge in [0.1, 0.15) is 5.54 Å². The molecule has 7 nitrogen and oxygen atoms in total. The first kappa shape index (κ1) is 17.9. The Balaban J connectivity index is 1.74. The molecule has 138 valence electrons. The molecule has 2 amide bonds. The molecule has 1 fully saturated rings. The van der Waals surface area contributed by atoms with Crippen LogP contribution in [0.5, 0.6) is 0 Å². The Morgan fingerprint density at radius 1 is 1.24 bits per heavy atom. The van der Waals surface area contributed by atoms with Crippen LogP contribution in [0.3, 0.4) is 0 Å². The van der Waals surface area contributed by atoms with E-state index in [-0.39, 0.29) is 11.8 Å². The van der Waals surface area contributed by atoms with Gasteiger partial charge in [-0.15, -0.1) is 0 Å². The molecule has 2 heterocycles. The number of rotatable bonds is 6. The molecule has 25 heavy (non-hydrogen) atoms. The number of hydrogen-bond acceptors (Lipinski definition) is 4. The molecule has 3 rings (SSSR count). The quantitative estimate of drug-likeness (QED) is 0.585. The molecule has 7 heteroatoms. The van der Waals surface area contributed by atoms with Gasteiger partial charge in [-0.25, -0.2) is 0 Å². The van der Waals surface area contributed by atoms with E-state index in [2.05, 4.69) is 33.1 Å². The molecule has 0 saturated heterocycles. The highest BCUT2D eigenvalue weighted by molar-refractivity contribution is 5.99. The van der Waals surface area contributed by atoms with Crippen LogP contribution in [0.2, 0.25) is 0 Å². The van der Waals surface area contributed by atoms with Gasteiger partial charge < -0.3 is 16.0 Å². The van der Waals surface area contributed by atoms with Gasteiger partial charge in [-0.3, -0.25) is 14.7 Å². The zero-order valence-corrected chi connectivity index (χ0v) is 15.0. The van der Waals surface area contributed by atoms with Crippen LogP contribution in [0.25, 0.3) is 0 Å². The Labute approximate surface area is 148 Å². The first-order valence-electron chi connectivity index (χ1n) is 9.54. The second kappa shape index (κ2) is 7.99. The molecule has 0 atom stereocenters. The molecule has 1 saturated carbocycles. The molecule has 0 unspecified atom stereocenters. The molecule has 0 aromatic carbocycles. The second-order valence-electron chi connectivity index (χ2n) is 7.16. The second-order valence-corrected chi connectivity index (χ2v) is 7.16. The van der Waals surface area contributed by atoms with Gasteiger partial charge in [0.05, 0.1) is 0 Å². The smallest absolute Gasteiger partial charge is 0.272 e. The summed E-state index contributed by atoms with van der Waals surface area (Å²) in [5.41, 5.74) is 1.58. The van der Waals surface area contributed by atoms with Gasteiger partial charge in [0.15, 0.2) is 5.69 Å². The van der Waals surface area contributed by atoms with Crippen LogP contribution in [0.15, 0.2) is 0 Å². The number of unbranched alkanes of at least 4 members (excludes halogenated alkanes) is 1. The number of amides is 2. The van der Waals surface area contributed by atoms with Gasteiger partial charge in [-0.05, 0) is 19.3 Å². The van der Waals surface area contributed by atoms with E-state index in [4.69, 9.17) is 0 Å². The van der Waals surface area contributed by atoms with Crippen molar-refractivity contribution in [1.29, 1.82) is 0 Å². The zero-order valence-electron chi connectivity index (χ0n) is 15.0. The number of H-pyrrole nitrogens is 1. The van der Waals surface area contributed by atoms with Gasteiger partial charge in [0, 0.05) is 37.3 Å². The summed E-state index contributed by atoms with van der Waals surface area (Å²) in [6.45, 7) is 4.29. The van der Waals surface area contributed by atoms with Gasteiger partial charge in [-0.2, -0.15) is 5.10 Å². The molecule has 0 spiro atoms. The maximum absolute atomic E-state index is 12.9. The minimum Gasteiger partial charge on any atom is -0.354 e. The lowest BCUT2D eigenvalue weighted by Crippen LogP contribution is -2.60. The number of hydrogen-bond donors (Lipinski definition) is 4. The number of aromatic nitrogens is 2. The van der Waals surface area contributed by atoms with Gasteiger partial charge in [0.2, 0.25) is 5.91 Å². The van der Waals surface area contributed by atoms with E-state index in [0.29, 0.717) is 31.6 Å². The fourth-order valence-corrected chi connectivity index (χ4v) is 3.80. The van der Waals surface area contributed by atoms with Crippen molar-refractivity contribution in [3.05, 3.63) is 17.0 Å². The highest BCUT2D eigenvalue weighted by Crippen LogP contribution is 2.29. The van der Waals surface area contributed by atoms with Crippen LogP contribution in [-0.2, 0) is 17.8 Å². The van der Waals surface area contributed by atoms with Crippen molar-refractivity contribution in [2.24, 2.45) is 0 Å². The molecule has 1 aromatic rings. The van der Waals surface area contributed by atoms with E-state index in [9.17, 15) is 9.59 Å². The Bertz CT molecular complexity index is 619. The number of aromatic amines is 1. The van der Waals surface area contributed by atoms with Crippen molar-refractivity contribution >= 4 is 11.8 Å². The van der Waals surface area contributed by atoms with E-state index in [1.807, 2.05) is 0 Å². The van der Waals surface area contributed by atoms with Crippen LogP contribution in [0.1, 0.15) is 73.6 Å². The zero-order chi connectivity index (χ0) is 17.7. The number of carbonyl (C=O) groups excluding carboxylic acids is 2. The summed E-state index contributed by atoms with van der Waals surface area (Å²) < 4.78 is 0. The Kier molecular flexibility index (Phi) is 5.73. The standard InChI is InChI=1S/C18H29N5O2/c1-2-3-10-20-17(25)18(8-5-4-6-9-18)21-16(24)15-13-12-19-11-7-14(13)22-23-15/h19H,2-12H2,1H3,(H,20,25)(H,21,24)(H,22,23). The van der Waals surface area contributed by atoms with Crippen molar-refractivity contribution in [2.45, 2.75) is 70.4 Å². The molecule has 1 aliphatic carbocycles. The van der Waals surface area contributed by atoms with Crippen LogP contribution < -0.4 is 16.0 Å². The summed E-state index contributed by atoms with van der Waals surface area (Å²) in [7, 11) is 0. The Hall–Kier alpha value is -1.89. The maximum atomic E-state index is 12.9. The van der Waals surface area contributed by atoms with Crippen molar-refractivity contribution in [2.75, 3.05) is 13.1 Å². The lowest BCUT2D eigenvalue weighted by molar-refractivity contribution is -0.128. The average Bonchev–Trinajstić information content (AvgIpc) is 3.07. The van der Waals surface area contributed by atoms with Crippen LogP contribution in [0, 0.1) is 0 Å². The van der Waals surface area contributed by atoms with E-state index >= 15 is 0 Å². The summed E-state index contributed by atoms with van der Waals surface area (Å²) in [6, 6.07) is 0. The van der Waals surface area contributed by atoms with Crippen molar-refractivity contribution < 1.29 is 9.59 Å². The summed E-state index contributed by atoms with van der Waals surface area (Å²) in [5.74, 6) is -0.287. The first-order chi connectivity index (χ1) is 12.2. The van der Waals surface area contributed by atoms with E-state index in [1.165, 1.54) is 0 Å². The van der Waals surface area contributed by atoms with Crippen LogP contribution >= 0.6 is 0 Å². The molecule has 1 aromatic heterocycles. The predicted molar refractivity (Wildman–Crippen MR) is 95.2 cm³/mol. The number of nitrogens with one attached hydrogen (secondary N) is 4. The summed E-state index contributed by atoms with van der Waals surface area (Å²) >= 11 is 0. The van der Waals surface area contributed by atoms with Crippen molar-refractivity contribution in [3.8, 4) is 0 Å². The third-order valence-corrected chi connectivity index (χ3v) is 5.33. The maximum Gasteiger partial charge on any atom is 0.272 e. The number of fused-ring (bicyclic) bond motifs is 1. The van der Waals surface area contributed by atoms with Gasteiger partial charge in [-0.1, -0.05) is 32.6 Å². The van der Waals surface area contributed by atoms with Crippen molar-refractivity contribution in [1.82, 2.24) is 26.1 Å². The number of nitrogens with zero attached hydrogens (tertiary/aromatic N) is 1. The molecule has 0 radical (unpaired) electrons. The minimum atomic E-state index is -0.795. The van der Waals surface area contributed by atoms with E-state index in [1.54, 1.807) is 0 Å². The molecule has 4 N–H and O–H groups in total. The van der Waals surface area contributed by atoms with E-state index < -0.39 is 5.54 Å². The largest absolute Gasteiger partial charge is 0.354 e. The highest BCUT2D eigenvalue weighted by Gasteiger charge is 2.41. The highest BCUT2D eigenvalue weighted by atomic mass is 16.2. The van der Waals surface area contributed by atoms with Gasteiger partial charge >= 0.3 is 0 Å². The minimum absolute atomic E-state index is 0.0449. The molecule has 0 bridgehead atoms. The Morgan fingerprint density at radius 3 is 2.80 bits per heavy atom. The fraction of sp³-hybridized carbons (Fsp3) is 0.722. The first-order valence-corrected chi connectivity index (χ1v) is 9.54. The number of carbonyl (C=O) groups is 2. The van der Waals surface area contributed by atoms with Crippen LogP contribution in [0.4, 0.5) is 0 Å². The molecular weight excluding hydrogens is 318 g/mol. The predicted octanol–water partition coefficient (Wildman–Crippen LogP) is 1.40. The summed E-state index contributed by atoms with van der Waals surface area (Å²) in [6.07, 6.45) is 7.26. The summed E-state index contributed by atoms with van der Waals surface area (Å²) in [4.78, 5) is 25.7. The third kappa shape index (κ3) is 3.86. The summed E-state index contributed by atoms with van der Waals surface area (Å²) in [5, 5.41) is 16.5. The molecule has 1 aliphatic heterocycles. The third-order valence-electron chi connectivity index (χ3n) is 5.33. The van der Waals surface area contributed by atoms with Gasteiger partial charge in [0.25, 0.3) is 5.91 Å². The lowest BCUT2D eigenvalue weighted by atomic mass is 9.80. The monoisotopic (exact) mass is 347 g/mol. The lowest BCUT2D eigenvalue weighted by Gasteiger charge is -2.36. The molecule has 2 aliphatic rings.